The Morgan fingerprint density at radius 3 is 2.67 bits per heavy atom. The molecule has 4 nitrogen and oxygen atoms in total. The summed E-state index contributed by atoms with van der Waals surface area (Å²) in [5, 5.41) is 13.7. The van der Waals surface area contributed by atoms with E-state index in [1.54, 1.807) is 6.20 Å². The summed E-state index contributed by atoms with van der Waals surface area (Å²) in [6.07, 6.45) is 2.70. The first-order valence-corrected chi connectivity index (χ1v) is 8.18. The highest BCUT2D eigenvalue weighted by Gasteiger charge is 2.30. The predicted octanol–water partition coefficient (Wildman–Crippen LogP) is 3.14. The van der Waals surface area contributed by atoms with Gasteiger partial charge in [0.1, 0.15) is 11.6 Å². The second-order valence-corrected chi connectivity index (χ2v) is 6.11. The molecular weight excluding hydrogens is 298 g/mol. The van der Waals surface area contributed by atoms with Gasteiger partial charge in [-0.1, -0.05) is 54.6 Å². The van der Waals surface area contributed by atoms with Crippen LogP contribution in [0, 0.1) is 0 Å². The van der Waals surface area contributed by atoms with Crippen molar-refractivity contribution in [2.45, 2.75) is 25.0 Å². The van der Waals surface area contributed by atoms with E-state index in [0.717, 1.165) is 17.2 Å². The third-order valence-electron chi connectivity index (χ3n) is 4.42. The number of hydrogen-bond acceptors (Lipinski definition) is 4. The zero-order chi connectivity index (χ0) is 16.4. The summed E-state index contributed by atoms with van der Waals surface area (Å²) >= 11 is 0. The Balaban J connectivity index is 1.54. The molecule has 1 heterocycles. The third-order valence-corrected chi connectivity index (χ3v) is 4.42. The molecule has 0 radical (unpaired) electrons. The van der Waals surface area contributed by atoms with Crippen molar-refractivity contribution in [3.63, 3.8) is 0 Å². The van der Waals surface area contributed by atoms with Crippen molar-refractivity contribution in [1.82, 2.24) is 9.97 Å². The molecule has 4 rings (SSSR count). The van der Waals surface area contributed by atoms with Crippen molar-refractivity contribution in [3.8, 4) is 0 Å². The van der Waals surface area contributed by atoms with Gasteiger partial charge in [-0.3, -0.25) is 0 Å². The first-order chi connectivity index (χ1) is 11.8. The Labute approximate surface area is 141 Å². The van der Waals surface area contributed by atoms with Gasteiger partial charge in [-0.15, -0.1) is 0 Å². The number of hydrogen-bond donors (Lipinski definition) is 2. The van der Waals surface area contributed by atoms with Crippen LogP contribution in [-0.4, -0.2) is 21.2 Å². The summed E-state index contributed by atoms with van der Waals surface area (Å²) in [4.78, 5) is 8.96. The van der Waals surface area contributed by atoms with Crippen LogP contribution in [0.1, 0.15) is 28.6 Å². The molecule has 1 aliphatic rings. The molecule has 120 valence electrons. The largest absolute Gasteiger partial charge is 0.390 e. The molecule has 0 spiro atoms. The number of aromatic nitrogens is 2. The van der Waals surface area contributed by atoms with E-state index < -0.39 is 6.10 Å². The minimum atomic E-state index is -0.435. The molecule has 2 unspecified atom stereocenters. The summed E-state index contributed by atoms with van der Waals surface area (Å²) in [7, 11) is 0. The van der Waals surface area contributed by atoms with Crippen molar-refractivity contribution in [1.29, 1.82) is 0 Å². The van der Waals surface area contributed by atoms with Crippen LogP contribution in [0.3, 0.4) is 0 Å². The van der Waals surface area contributed by atoms with Crippen molar-refractivity contribution in [2.24, 2.45) is 0 Å². The lowest BCUT2D eigenvalue weighted by Crippen LogP contribution is -2.22. The molecule has 2 aromatic carbocycles. The smallest absolute Gasteiger partial charge is 0.135 e. The standard InChI is InChI=1S/C20H19N3O/c24-17-13-15-8-4-5-9-16(15)20(17)23-18-10-11-21-19(22-18)12-14-6-2-1-3-7-14/h1-11,17,20,24H,12-13H2,(H,21,22,23). The fraction of sp³-hybridized carbons (Fsp3) is 0.200. The van der Waals surface area contributed by atoms with Crippen molar-refractivity contribution < 1.29 is 5.11 Å². The molecule has 0 saturated carbocycles. The van der Waals surface area contributed by atoms with E-state index in [1.807, 2.05) is 36.4 Å². The number of aliphatic hydroxyl groups is 1. The lowest BCUT2D eigenvalue weighted by Gasteiger charge is -2.18. The van der Waals surface area contributed by atoms with Gasteiger partial charge >= 0.3 is 0 Å². The van der Waals surface area contributed by atoms with Crippen LogP contribution in [0.25, 0.3) is 0 Å². The van der Waals surface area contributed by atoms with E-state index in [2.05, 4.69) is 39.6 Å². The highest BCUT2D eigenvalue weighted by atomic mass is 16.3. The van der Waals surface area contributed by atoms with Crippen LogP contribution in [0.4, 0.5) is 5.82 Å². The quantitative estimate of drug-likeness (QED) is 0.776. The number of fused-ring (bicyclic) bond motifs is 1. The van der Waals surface area contributed by atoms with Crippen molar-refractivity contribution in [3.05, 3.63) is 89.4 Å². The third kappa shape index (κ3) is 3.01. The summed E-state index contributed by atoms with van der Waals surface area (Å²) < 4.78 is 0. The molecule has 0 saturated heterocycles. The molecule has 4 heteroatoms. The van der Waals surface area contributed by atoms with Gasteiger partial charge < -0.3 is 10.4 Å². The Morgan fingerprint density at radius 2 is 1.79 bits per heavy atom. The van der Waals surface area contributed by atoms with Gasteiger partial charge in [0.25, 0.3) is 0 Å². The maximum absolute atomic E-state index is 10.4. The monoisotopic (exact) mass is 317 g/mol. The highest BCUT2D eigenvalue weighted by Crippen LogP contribution is 2.33. The SMILES string of the molecule is OC1Cc2ccccc2C1Nc1ccnc(Cc2ccccc2)n1. The molecule has 1 aromatic heterocycles. The molecule has 0 bridgehead atoms. The van der Waals surface area contributed by atoms with E-state index in [-0.39, 0.29) is 6.04 Å². The topological polar surface area (TPSA) is 58.0 Å². The fourth-order valence-electron chi connectivity index (χ4n) is 3.25. The fourth-order valence-corrected chi connectivity index (χ4v) is 3.25. The molecular formula is C20H19N3O. The summed E-state index contributed by atoms with van der Waals surface area (Å²) in [5.41, 5.74) is 3.52. The van der Waals surface area contributed by atoms with Crippen LogP contribution in [0.5, 0.6) is 0 Å². The Morgan fingerprint density at radius 1 is 1.00 bits per heavy atom. The summed E-state index contributed by atoms with van der Waals surface area (Å²) in [6.45, 7) is 0. The van der Waals surface area contributed by atoms with Gasteiger partial charge in [-0.2, -0.15) is 0 Å². The van der Waals surface area contributed by atoms with Gasteiger partial charge in [0, 0.05) is 19.0 Å². The predicted molar refractivity (Wildman–Crippen MR) is 93.8 cm³/mol. The Hall–Kier alpha value is -2.72. The number of nitrogens with zero attached hydrogens (tertiary/aromatic N) is 2. The molecule has 0 aliphatic heterocycles. The van der Waals surface area contributed by atoms with Gasteiger partial charge in [0.2, 0.25) is 0 Å². The molecule has 0 amide bonds. The zero-order valence-corrected chi connectivity index (χ0v) is 13.3. The molecule has 3 aromatic rings. The van der Waals surface area contributed by atoms with Crippen LogP contribution in [-0.2, 0) is 12.8 Å². The summed E-state index contributed by atoms with van der Waals surface area (Å²) in [6, 6.07) is 20.1. The number of nitrogens with one attached hydrogen (secondary N) is 1. The van der Waals surface area contributed by atoms with Gasteiger partial charge in [-0.25, -0.2) is 9.97 Å². The van der Waals surface area contributed by atoms with E-state index >= 15 is 0 Å². The minimum Gasteiger partial charge on any atom is -0.390 e. The number of anilines is 1. The molecule has 2 N–H and O–H groups in total. The van der Waals surface area contributed by atoms with E-state index in [9.17, 15) is 5.11 Å². The van der Waals surface area contributed by atoms with Crippen LogP contribution in [0.15, 0.2) is 66.9 Å². The van der Waals surface area contributed by atoms with Gasteiger partial charge in [-0.05, 0) is 22.8 Å². The molecule has 0 fully saturated rings. The number of aliphatic hydroxyl groups excluding tert-OH is 1. The minimum absolute atomic E-state index is 0.124. The molecule has 1 aliphatic carbocycles. The van der Waals surface area contributed by atoms with E-state index in [4.69, 9.17) is 0 Å². The normalized spacial score (nSPS) is 19.0. The van der Waals surface area contributed by atoms with Crippen LogP contribution < -0.4 is 5.32 Å². The first kappa shape index (κ1) is 14.8. The summed E-state index contributed by atoms with van der Waals surface area (Å²) in [5.74, 6) is 1.52. The average Bonchev–Trinajstić information content (AvgIpc) is 2.92. The second-order valence-electron chi connectivity index (χ2n) is 6.11. The average molecular weight is 317 g/mol. The van der Waals surface area contributed by atoms with E-state index in [1.165, 1.54) is 11.1 Å². The van der Waals surface area contributed by atoms with Crippen molar-refractivity contribution in [2.75, 3.05) is 5.32 Å². The maximum Gasteiger partial charge on any atom is 0.135 e. The van der Waals surface area contributed by atoms with Crippen LogP contribution in [0.2, 0.25) is 0 Å². The lowest BCUT2D eigenvalue weighted by atomic mass is 10.1. The molecule has 24 heavy (non-hydrogen) atoms. The number of rotatable bonds is 4. The van der Waals surface area contributed by atoms with Crippen molar-refractivity contribution >= 4 is 5.82 Å². The van der Waals surface area contributed by atoms with Gasteiger partial charge in [0.15, 0.2) is 0 Å². The van der Waals surface area contributed by atoms with Crippen LogP contribution >= 0.6 is 0 Å². The Bertz CT molecular complexity index is 835. The van der Waals surface area contributed by atoms with E-state index in [0.29, 0.717) is 12.8 Å². The van der Waals surface area contributed by atoms with Gasteiger partial charge in [0.05, 0.1) is 12.1 Å². The second kappa shape index (κ2) is 6.42. The lowest BCUT2D eigenvalue weighted by molar-refractivity contribution is 0.165. The number of benzene rings is 2. The Kier molecular flexibility index (Phi) is 3.97. The molecule has 2 atom stereocenters. The maximum atomic E-state index is 10.4. The highest BCUT2D eigenvalue weighted by molar-refractivity contribution is 5.45. The zero-order valence-electron chi connectivity index (χ0n) is 13.3. The first-order valence-electron chi connectivity index (χ1n) is 8.18.